The van der Waals surface area contributed by atoms with Gasteiger partial charge in [-0.25, -0.2) is 23.5 Å². The smallest absolute Gasteiger partial charge is 0.354 e. The molecule has 1 aliphatic carbocycles. The van der Waals surface area contributed by atoms with Crippen LogP contribution in [0.2, 0.25) is 0 Å². The summed E-state index contributed by atoms with van der Waals surface area (Å²) >= 11 is 0.897. The predicted molar refractivity (Wildman–Crippen MR) is 117 cm³/mol. The molecule has 2 amide bonds. The van der Waals surface area contributed by atoms with E-state index in [4.69, 9.17) is 5.14 Å². The maximum Gasteiger partial charge on any atom is 0.354 e. The Hall–Kier alpha value is -2.39. The number of urea groups is 1. The molecule has 8 nitrogen and oxygen atoms in total. The second-order valence-corrected chi connectivity index (χ2v) is 11.3. The third-order valence-electron chi connectivity index (χ3n) is 4.79. The molecule has 0 spiro atoms. The number of thiazole rings is 1. The highest BCUT2D eigenvalue weighted by Crippen LogP contribution is 2.47. The standard InChI is InChI=1S/C20H24FN5O3S2/c1-10(2)15-16(21)12(8-22)7-13(11-5-6-11)17(15)25-19(27)26-31(23,29)14-9-24-18(30-14)20(3,4)28/h7,9-11,28H,5-6H2,1-4H3,(H3,23,25,26,27,29)/t31-/m0/s1. The normalized spacial score (nSPS) is 16.0. The number of nitrogens with one attached hydrogen (secondary N) is 1. The number of nitrogens with two attached hydrogens (primary N) is 1. The molecular formula is C20H24FN5O3S2. The van der Waals surface area contributed by atoms with E-state index in [9.17, 15) is 23.8 Å². The second-order valence-electron chi connectivity index (χ2n) is 8.29. The lowest BCUT2D eigenvalue weighted by atomic mass is 9.92. The Morgan fingerprint density at radius 2 is 2.16 bits per heavy atom. The molecule has 31 heavy (non-hydrogen) atoms. The Morgan fingerprint density at radius 1 is 1.52 bits per heavy atom. The third-order valence-corrected chi connectivity index (χ3v) is 7.98. The van der Waals surface area contributed by atoms with Crippen molar-refractivity contribution in [2.24, 2.45) is 9.50 Å². The molecule has 0 unspecified atom stereocenters. The van der Waals surface area contributed by atoms with Gasteiger partial charge in [-0.15, -0.1) is 15.7 Å². The SMILES string of the molecule is CC(C)c1c(F)c(C#N)cc(C2CC2)c1NC(=O)N=[S@](N)(=O)c1cnc(C(C)(C)O)s1. The molecule has 1 aromatic heterocycles. The predicted octanol–water partition coefficient (Wildman–Crippen LogP) is 4.31. The lowest BCUT2D eigenvalue weighted by molar-refractivity contribution is 0.0783. The van der Waals surface area contributed by atoms with Crippen LogP contribution in [-0.4, -0.2) is 20.3 Å². The molecule has 2 aromatic rings. The van der Waals surface area contributed by atoms with E-state index in [0.717, 1.165) is 24.2 Å². The monoisotopic (exact) mass is 465 g/mol. The van der Waals surface area contributed by atoms with Gasteiger partial charge in [-0.05, 0) is 50.2 Å². The van der Waals surface area contributed by atoms with Crippen molar-refractivity contribution in [1.29, 1.82) is 5.26 Å². The molecule has 0 radical (unpaired) electrons. The van der Waals surface area contributed by atoms with Crippen molar-refractivity contribution in [3.05, 3.63) is 39.8 Å². The number of amides is 2. The number of halogens is 1. The number of aromatic nitrogens is 1. The third kappa shape index (κ3) is 4.93. The Morgan fingerprint density at radius 3 is 2.65 bits per heavy atom. The van der Waals surface area contributed by atoms with Crippen molar-refractivity contribution < 1.29 is 18.5 Å². The summed E-state index contributed by atoms with van der Waals surface area (Å²) in [5.74, 6) is -0.902. The van der Waals surface area contributed by atoms with Gasteiger partial charge in [-0.1, -0.05) is 13.8 Å². The fourth-order valence-electron chi connectivity index (χ4n) is 3.16. The molecule has 1 fully saturated rings. The maximum absolute atomic E-state index is 14.9. The molecule has 1 atom stereocenters. The number of aliphatic hydroxyl groups is 1. The first-order valence-electron chi connectivity index (χ1n) is 9.66. The summed E-state index contributed by atoms with van der Waals surface area (Å²) in [6.07, 6.45) is 2.94. The number of carbonyl (C=O) groups is 1. The molecule has 1 saturated carbocycles. The van der Waals surface area contributed by atoms with Gasteiger partial charge in [0.15, 0.2) is 9.92 Å². The number of anilines is 1. The first-order chi connectivity index (χ1) is 14.3. The van der Waals surface area contributed by atoms with Crippen LogP contribution in [0, 0.1) is 17.1 Å². The van der Waals surface area contributed by atoms with Crippen molar-refractivity contribution in [2.75, 3.05) is 5.32 Å². The van der Waals surface area contributed by atoms with Gasteiger partial charge in [0.05, 0.1) is 17.4 Å². The van der Waals surface area contributed by atoms with E-state index >= 15 is 0 Å². The summed E-state index contributed by atoms with van der Waals surface area (Å²) in [6.45, 7) is 6.55. The van der Waals surface area contributed by atoms with E-state index in [1.165, 1.54) is 26.1 Å². The second kappa shape index (κ2) is 8.27. The fourth-order valence-corrected chi connectivity index (χ4v) is 5.22. The molecule has 0 aliphatic heterocycles. The van der Waals surface area contributed by atoms with Crippen LogP contribution in [0.4, 0.5) is 14.9 Å². The molecule has 11 heteroatoms. The molecule has 0 bridgehead atoms. The first kappa shape index (κ1) is 23.3. The molecule has 3 rings (SSSR count). The van der Waals surface area contributed by atoms with Crippen molar-refractivity contribution in [2.45, 2.75) is 62.2 Å². The van der Waals surface area contributed by atoms with Crippen LogP contribution >= 0.6 is 11.3 Å². The van der Waals surface area contributed by atoms with E-state index in [1.54, 1.807) is 13.8 Å². The highest BCUT2D eigenvalue weighted by molar-refractivity contribution is 7.93. The largest absolute Gasteiger partial charge is 0.383 e. The van der Waals surface area contributed by atoms with E-state index in [2.05, 4.69) is 14.7 Å². The topological polar surface area (TPSA) is 141 Å². The van der Waals surface area contributed by atoms with E-state index in [0.29, 0.717) is 5.56 Å². The quantitative estimate of drug-likeness (QED) is 0.603. The summed E-state index contributed by atoms with van der Waals surface area (Å²) in [7, 11) is -3.63. The Balaban J connectivity index is 2.02. The zero-order valence-electron chi connectivity index (χ0n) is 17.6. The molecule has 4 N–H and O–H groups in total. The van der Waals surface area contributed by atoms with Crippen molar-refractivity contribution in [3.8, 4) is 6.07 Å². The van der Waals surface area contributed by atoms with Crippen molar-refractivity contribution in [3.63, 3.8) is 0 Å². The van der Waals surface area contributed by atoms with Crippen LogP contribution < -0.4 is 10.5 Å². The van der Waals surface area contributed by atoms with E-state index in [1.807, 2.05) is 6.07 Å². The van der Waals surface area contributed by atoms with Crippen LogP contribution in [-0.2, 0) is 15.5 Å². The lowest BCUT2D eigenvalue weighted by Crippen LogP contribution is -2.19. The Labute approximate surface area is 184 Å². The summed E-state index contributed by atoms with van der Waals surface area (Å²) in [5, 5.41) is 28.0. The van der Waals surface area contributed by atoms with E-state index < -0.39 is 27.4 Å². The van der Waals surface area contributed by atoms with Gasteiger partial charge in [0.25, 0.3) is 0 Å². The number of hydrogen-bond donors (Lipinski definition) is 3. The Bertz CT molecular complexity index is 1200. The summed E-state index contributed by atoms with van der Waals surface area (Å²) in [4.78, 5) is 16.6. The molecule has 1 aliphatic rings. The lowest BCUT2D eigenvalue weighted by Gasteiger charge is -2.19. The van der Waals surface area contributed by atoms with Gasteiger partial charge >= 0.3 is 6.03 Å². The van der Waals surface area contributed by atoms with E-state index in [-0.39, 0.29) is 37.9 Å². The number of hydrogen-bond acceptors (Lipinski definition) is 6. The fraction of sp³-hybridized carbons (Fsp3) is 0.450. The number of nitrogens with zero attached hydrogens (tertiary/aromatic N) is 3. The highest BCUT2D eigenvalue weighted by Gasteiger charge is 2.32. The molecular weight excluding hydrogens is 441 g/mol. The summed E-state index contributed by atoms with van der Waals surface area (Å²) in [6, 6.07) is 2.33. The molecule has 1 aromatic carbocycles. The van der Waals surface area contributed by atoms with Gasteiger partial charge in [0.1, 0.15) is 26.7 Å². The summed E-state index contributed by atoms with van der Waals surface area (Å²) < 4.78 is 31.4. The highest BCUT2D eigenvalue weighted by atomic mass is 32.2. The van der Waals surface area contributed by atoms with Gasteiger partial charge in [0, 0.05) is 5.56 Å². The van der Waals surface area contributed by atoms with Crippen molar-refractivity contribution in [1.82, 2.24) is 4.98 Å². The molecule has 0 saturated heterocycles. The van der Waals surface area contributed by atoms with Crippen LogP contribution in [0.25, 0.3) is 0 Å². The molecule has 1 heterocycles. The minimum absolute atomic E-state index is 0.0392. The number of benzene rings is 1. The van der Waals surface area contributed by atoms with Gasteiger partial charge < -0.3 is 10.4 Å². The van der Waals surface area contributed by atoms with Crippen LogP contribution in [0.15, 0.2) is 20.8 Å². The number of carbonyl (C=O) groups excluding carboxylic acids is 1. The van der Waals surface area contributed by atoms with Gasteiger partial charge in [-0.2, -0.15) is 5.26 Å². The minimum Gasteiger partial charge on any atom is -0.383 e. The summed E-state index contributed by atoms with van der Waals surface area (Å²) in [5.41, 5.74) is -0.219. The first-order valence-corrected chi connectivity index (χ1v) is 12.1. The Kier molecular flexibility index (Phi) is 6.21. The van der Waals surface area contributed by atoms with Crippen LogP contribution in [0.5, 0.6) is 0 Å². The number of rotatable bonds is 5. The van der Waals surface area contributed by atoms with Crippen LogP contribution in [0.3, 0.4) is 0 Å². The average Bonchev–Trinajstić information content (AvgIpc) is 3.33. The number of nitriles is 1. The van der Waals surface area contributed by atoms with Gasteiger partial charge in [-0.3, -0.25) is 0 Å². The average molecular weight is 466 g/mol. The minimum atomic E-state index is -3.63. The zero-order chi connectivity index (χ0) is 23.1. The van der Waals surface area contributed by atoms with Crippen LogP contribution in [0.1, 0.15) is 74.1 Å². The van der Waals surface area contributed by atoms with Gasteiger partial charge in [0.2, 0.25) is 0 Å². The van der Waals surface area contributed by atoms with Crippen molar-refractivity contribution >= 4 is 33.0 Å². The maximum atomic E-state index is 14.9. The zero-order valence-corrected chi connectivity index (χ0v) is 19.2. The molecule has 166 valence electrons.